The molecule has 0 bridgehead atoms. The molecule has 1 nitrogen and oxygen atoms in total. The fraction of sp³-hybridized carbons (Fsp3) is 0.0357. The van der Waals surface area contributed by atoms with Crippen molar-refractivity contribution in [3.63, 3.8) is 0 Å². The third-order valence-electron chi connectivity index (χ3n) is 12.2. The summed E-state index contributed by atoms with van der Waals surface area (Å²) in [4.78, 5) is 0. The van der Waals surface area contributed by atoms with Crippen LogP contribution in [0.1, 0.15) is 18.2 Å². The number of benzene rings is 10. The summed E-state index contributed by atoms with van der Waals surface area (Å²) in [6, 6.07) is 65.1. The van der Waals surface area contributed by atoms with Crippen molar-refractivity contribution in [2.45, 2.75) is 13.8 Å². The van der Waals surface area contributed by atoms with Crippen molar-refractivity contribution >= 4 is 70.8 Å². The molecular formula is C56H38FN. The lowest BCUT2D eigenvalue weighted by molar-refractivity contribution is 0.634. The maximum absolute atomic E-state index is 15.4. The molecule has 0 saturated heterocycles. The van der Waals surface area contributed by atoms with Gasteiger partial charge >= 0.3 is 0 Å². The van der Waals surface area contributed by atoms with Crippen LogP contribution in [0.15, 0.2) is 188 Å². The molecule has 274 valence electrons. The molecule has 58 heavy (non-hydrogen) atoms. The van der Waals surface area contributed by atoms with Crippen molar-refractivity contribution in [1.82, 2.24) is 4.57 Å². The quantitative estimate of drug-likeness (QED) is 0.122. The number of aryl methyl sites for hydroxylation is 1. The lowest BCUT2D eigenvalue weighted by Gasteiger charge is -2.21. The van der Waals surface area contributed by atoms with Crippen LogP contribution in [0.3, 0.4) is 0 Å². The van der Waals surface area contributed by atoms with Gasteiger partial charge in [0.2, 0.25) is 0 Å². The second-order valence-corrected chi connectivity index (χ2v) is 15.3. The maximum atomic E-state index is 15.4. The number of fused-ring (bicyclic) bond motifs is 7. The van der Waals surface area contributed by atoms with Crippen LogP contribution in [-0.4, -0.2) is 4.57 Å². The average molecular weight is 744 g/mol. The van der Waals surface area contributed by atoms with Gasteiger partial charge in [-0.15, -0.1) is 0 Å². The van der Waals surface area contributed by atoms with E-state index in [-0.39, 0.29) is 5.82 Å². The molecule has 2 heteroatoms. The van der Waals surface area contributed by atoms with Crippen LogP contribution in [0.5, 0.6) is 0 Å². The van der Waals surface area contributed by atoms with Crippen LogP contribution in [0.25, 0.3) is 110 Å². The fourth-order valence-corrected chi connectivity index (χ4v) is 9.63. The van der Waals surface area contributed by atoms with E-state index in [2.05, 4.69) is 177 Å². The number of hydrogen-bond acceptors (Lipinski definition) is 0. The minimum absolute atomic E-state index is 0.222. The number of halogens is 1. The summed E-state index contributed by atoms with van der Waals surface area (Å²) in [5.41, 5.74) is 10.8. The zero-order valence-electron chi connectivity index (χ0n) is 32.3. The van der Waals surface area contributed by atoms with E-state index in [1.54, 1.807) is 12.1 Å². The molecular weight excluding hydrogens is 706 g/mol. The summed E-state index contributed by atoms with van der Waals surface area (Å²) in [6.45, 7) is 4.07. The minimum Gasteiger partial charge on any atom is -0.307 e. The van der Waals surface area contributed by atoms with Gasteiger partial charge in [0.05, 0.1) is 5.52 Å². The standard InChI is InChI=1S/C56H38FN/c1-3-15-53-35(2)39-26-14-27-52(57)56(39)58(53)38-30-28-36(29-31-38)41-32-33-50(44-20-8-6-19-43(41)44)54-46-22-10-12-24-48(46)55(49-25-13-11-23-47(49)54)51-34-37-16-4-5-17-40(37)42-18-7-9-21-45(42)51/h3-34H,1-2H3/b15-3-. The molecule has 0 aliphatic carbocycles. The molecule has 0 amide bonds. The molecule has 11 rings (SSSR count). The smallest absolute Gasteiger partial charge is 0.147 e. The van der Waals surface area contributed by atoms with Crippen molar-refractivity contribution in [1.29, 1.82) is 0 Å². The third-order valence-corrected chi connectivity index (χ3v) is 12.2. The molecule has 1 heterocycles. The Morgan fingerprint density at radius 2 is 0.914 bits per heavy atom. The SMILES string of the molecule is C/C=C\c1c(C)c2cccc(F)c2n1-c1ccc(-c2ccc(-c3c4ccccc4c(-c4cc5ccccc5c5ccccc45)c4ccccc34)c3ccccc23)cc1. The van der Waals surface area contributed by atoms with Gasteiger partial charge in [-0.05, 0) is 137 Å². The Balaban J connectivity index is 1.12. The highest BCUT2D eigenvalue weighted by Gasteiger charge is 2.21. The van der Waals surface area contributed by atoms with Crippen molar-refractivity contribution in [3.05, 3.63) is 205 Å². The predicted octanol–water partition coefficient (Wildman–Crippen LogP) is 15.9. The number of hydrogen-bond donors (Lipinski definition) is 0. The number of rotatable bonds is 5. The molecule has 0 atom stereocenters. The van der Waals surface area contributed by atoms with Crippen LogP contribution >= 0.6 is 0 Å². The van der Waals surface area contributed by atoms with Crippen molar-refractivity contribution in [3.8, 4) is 39.1 Å². The highest BCUT2D eigenvalue weighted by Crippen LogP contribution is 2.48. The maximum Gasteiger partial charge on any atom is 0.147 e. The molecule has 0 aliphatic heterocycles. The first kappa shape index (κ1) is 34.0. The summed E-state index contributed by atoms with van der Waals surface area (Å²) in [7, 11) is 0. The number of nitrogens with zero attached hydrogens (tertiary/aromatic N) is 1. The lowest BCUT2D eigenvalue weighted by atomic mass is 9.82. The highest BCUT2D eigenvalue weighted by molar-refractivity contribution is 6.27. The van der Waals surface area contributed by atoms with Crippen LogP contribution in [0.2, 0.25) is 0 Å². The second kappa shape index (κ2) is 13.4. The van der Waals surface area contributed by atoms with E-state index in [1.165, 1.54) is 76.1 Å². The van der Waals surface area contributed by atoms with E-state index >= 15 is 4.39 Å². The summed E-state index contributed by atoms with van der Waals surface area (Å²) in [6.07, 6.45) is 4.09. The van der Waals surface area contributed by atoms with Crippen molar-refractivity contribution in [2.75, 3.05) is 0 Å². The third kappa shape index (κ3) is 5.08. The Labute approximate surface area is 336 Å². The second-order valence-electron chi connectivity index (χ2n) is 15.3. The van der Waals surface area contributed by atoms with Gasteiger partial charge in [-0.25, -0.2) is 4.39 Å². The van der Waals surface area contributed by atoms with E-state index in [9.17, 15) is 0 Å². The van der Waals surface area contributed by atoms with Crippen LogP contribution in [-0.2, 0) is 0 Å². The number of allylic oxidation sites excluding steroid dienone is 1. The van der Waals surface area contributed by atoms with E-state index in [1.807, 2.05) is 23.6 Å². The minimum atomic E-state index is -0.222. The first-order valence-corrected chi connectivity index (χ1v) is 20.0. The van der Waals surface area contributed by atoms with Gasteiger partial charge in [-0.3, -0.25) is 0 Å². The first-order chi connectivity index (χ1) is 28.6. The van der Waals surface area contributed by atoms with Gasteiger partial charge in [0.25, 0.3) is 0 Å². The monoisotopic (exact) mass is 743 g/mol. The van der Waals surface area contributed by atoms with E-state index < -0.39 is 0 Å². The van der Waals surface area contributed by atoms with Crippen LogP contribution < -0.4 is 0 Å². The molecule has 1 aromatic heterocycles. The Morgan fingerprint density at radius 1 is 0.431 bits per heavy atom. The average Bonchev–Trinajstić information content (AvgIpc) is 3.56. The summed E-state index contributed by atoms with van der Waals surface area (Å²) in [5, 5.41) is 13.3. The number of para-hydroxylation sites is 1. The molecule has 0 fully saturated rings. The molecule has 0 spiro atoms. The Hall–Kier alpha value is -7.29. The predicted molar refractivity (Wildman–Crippen MR) is 247 cm³/mol. The molecule has 0 saturated carbocycles. The lowest BCUT2D eigenvalue weighted by Crippen LogP contribution is -1.98. The Bertz CT molecular complexity index is 3420. The van der Waals surface area contributed by atoms with Gasteiger partial charge in [0.15, 0.2) is 0 Å². The molecule has 11 aromatic rings. The van der Waals surface area contributed by atoms with Gasteiger partial charge in [0, 0.05) is 16.8 Å². The van der Waals surface area contributed by atoms with Crippen LogP contribution in [0, 0.1) is 12.7 Å². The van der Waals surface area contributed by atoms with Gasteiger partial charge in [-0.1, -0.05) is 164 Å². The summed E-state index contributed by atoms with van der Waals surface area (Å²) < 4.78 is 17.5. The van der Waals surface area contributed by atoms with E-state index in [0.717, 1.165) is 33.5 Å². The van der Waals surface area contributed by atoms with Gasteiger partial charge in [-0.2, -0.15) is 0 Å². The molecule has 0 aliphatic rings. The van der Waals surface area contributed by atoms with Crippen LogP contribution in [0.4, 0.5) is 4.39 Å². The zero-order chi connectivity index (χ0) is 38.9. The number of aromatic nitrogens is 1. The highest BCUT2D eigenvalue weighted by atomic mass is 19.1. The molecule has 0 unspecified atom stereocenters. The normalized spacial score (nSPS) is 12.0. The molecule has 0 radical (unpaired) electrons. The Kier molecular flexibility index (Phi) is 7.87. The van der Waals surface area contributed by atoms with Crippen molar-refractivity contribution in [2.24, 2.45) is 0 Å². The Morgan fingerprint density at radius 3 is 1.53 bits per heavy atom. The van der Waals surface area contributed by atoms with E-state index in [4.69, 9.17) is 0 Å². The topological polar surface area (TPSA) is 4.93 Å². The fourth-order valence-electron chi connectivity index (χ4n) is 9.63. The zero-order valence-corrected chi connectivity index (χ0v) is 32.3. The van der Waals surface area contributed by atoms with Gasteiger partial charge in [0.1, 0.15) is 5.82 Å². The molecule has 0 N–H and O–H groups in total. The van der Waals surface area contributed by atoms with Gasteiger partial charge < -0.3 is 4.57 Å². The van der Waals surface area contributed by atoms with Crippen molar-refractivity contribution < 1.29 is 4.39 Å². The summed E-state index contributed by atoms with van der Waals surface area (Å²) in [5.74, 6) is -0.222. The molecule has 10 aromatic carbocycles. The first-order valence-electron chi connectivity index (χ1n) is 20.0. The summed E-state index contributed by atoms with van der Waals surface area (Å²) >= 11 is 0. The van der Waals surface area contributed by atoms with E-state index in [0.29, 0.717) is 5.52 Å². The largest absolute Gasteiger partial charge is 0.307 e.